The number of benzene rings is 1. The summed E-state index contributed by atoms with van der Waals surface area (Å²) < 4.78 is 13.2. The molecule has 0 aliphatic carbocycles. The number of nitrogens with one attached hydrogen (secondary N) is 2. The van der Waals surface area contributed by atoms with Crippen LogP contribution in [0.15, 0.2) is 36.7 Å². The van der Waals surface area contributed by atoms with E-state index in [1.54, 1.807) is 12.3 Å². The van der Waals surface area contributed by atoms with Crippen LogP contribution in [-0.2, 0) is 11.2 Å². The molecule has 1 aromatic carbocycles. The standard InChI is InChI=1S/C15H10FN3O/c16-9-1-2-10-11(7-18-12(10)4-9)8-3-14-13(17-6-8)5-15(20)19-14/h1-4,6-7,18H,5H2,(H,19,20). The monoisotopic (exact) mass is 267 g/mol. The summed E-state index contributed by atoms with van der Waals surface area (Å²) in [4.78, 5) is 18.7. The van der Waals surface area contributed by atoms with Crippen molar-refractivity contribution in [2.24, 2.45) is 0 Å². The fourth-order valence-corrected chi connectivity index (χ4v) is 2.57. The Balaban J connectivity index is 1.88. The van der Waals surface area contributed by atoms with E-state index in [9.17, 15) is 9.18 Å². The van der Waals surface area contributed by atoms with Crippen LogP contribution in [0.1, 0.15) is 5.69 Å². The number of pyridine rings is 1. The van der Waals surface area contributed by atoms with Gasteiger partial charge in [0.25, 0.3) is 0 Å². The highest BCUT2D eigenvalue weighted by atomic mass is 19.1. The first-order valence-corrected chi connectivity index (χ1v) is 6.26. The first-order chi connectivity index (χ1) is 9.70. The van der Waals surface area contributed by atoms with Gasteiger partial charge in [-0.3, -0.25) is 9.78 Å². The van der Waals surface area contributed by atoms with Gasteiger partial charge in [0.05, 0.1) is 17.8 Å². The third kappa shape index (κ3) is 1.60. The molecule has 2 aromatic heterocycles. The number of rotatable bonds is 1. The van der Waals surface area contributed by atoms with Crippen molar-refractivity contribution in [3.05, 3.63) is 48.2 Å². The lowest BCUT2D eigenvalue weighted by Crippen LogP contribution is -2.03. The second-order valence-corrected chi connectivity index (χ2v) is 4.84. The lowest BCUT2D eigenvalue weighted by atomic mass is 10.1. The van der Waals surface area contributed by atoms with E-state index in [-0.39, 0.29) is 11.7 Å². The van der Waals surface area contributed by atoms with Gasteiger partial charge < -0.3 is 10.3 Å². The molecule has 5 heteroatoms. The fourth-order valence-electron chi connectivity index (χ4n) is 2.57. The molecule has 0 unspecified atom stereocenters. The quantitative estimate of drug-likeness (QED) is 0.712. The number of carbonyl (C=O) groups is 1. The Morgan fingerprint density at radius 2 is 2.15 bits per heavy atom. The van der Waals surface area contributed by atoms with E-state index in [1.165, 1.54) is 12.1 Å². The Morgan fingerprint density at radius 3 is 3.05 bits per heavy atom. The van der Waals surface area contributed by atoms with E-state index < -0.39 is 0 Å². The number of aromatic amines is 1. The van der Waals surface area contributed by atoms with Gasteiger partial charge in [-0.2, -0.15) is 0 Å². The molecule has 3 aromatic rings. The van der Waals surface area contributed by atoms with Gasteiger partial charge in [-0.15, -0.1) is 0 Å². The molecule has 1 aliphatic rings. The molecule has 98 valence electrons. The number of amides is 1. The molecule has 0 saturated carbocycles. The summed E-state index contributed by atoms with van der Waals surface area (Å²) in [7, 11) is 0. The summed E-state index contributed by atoms with van der Waals surface area (Å²) in [6, 6.07) is 6.53. The molecule has 1 amide bonds. The molecule has 4 rings (SSSR count). The predicted molar refractivity (Wildman–Crippen MR) is 73.8 cm³/mol. The largest absolute Gasteiger partial charge is 0.360 e. The van der Waals surface area contributed by atoms with Gasteiger partial charge in [0.15, 0.2) is 0 Å². The van der Waals surface area contributed by atoms with Crippen molar-refractivity contribution in [1.82, 2.24) is 9.97 Å². The van der Waals surface area contributed by atoms with Crippen LogP contribution in [0.4, 0.5) is 10.1 Å². The number of halogens is 1. The average molecular weight is 267 g/mol. The molecule has 0 fully saturated rings. The number of H-pyrrole nitrogens is 1. The predicted octanol–water partition coefficient (Wildman–Crippen LogP) is 2.86. The summed E-state index contributed by atoms with van der Waals surface area (Å²) >= 11 is 0. The molecule has 20 heavy (non-hydrogen) atoms. The summed E-state index contributed by atoms with van der Waals surface area (Å²) in [5.74, 6) is -0.309. The van der Waals surface area contributed by atoms with Gasteiger partial charge in [0, 0.05) is 34.4 Å². The summed E-state index contributed by atoms with van der Waals surface area (Å²) in [6.07, 6.45) is 3.89. The van der Waals surface area contributed by atoms with Crippen LogP contribution in [0.25, 0.3) is 22.0 Å². The van der Waals surface area contributed by atoms with Gasteiger partial charge in [0.1, 0.15) is 5.82 Å². The number of carbonyl (C=O) groups excluding carboxylic acids is 1. The van der Waals surface area contributed by atoms with Gasteiger partial charge in [-0.25, -0.2) is 4.39 Å². The van der Waals surface area contributed by atoms with Crippen molar-refractivity contribution < 1.29 is 9.18 Å². The molecule has 0 radical (unpaired) electrons. The molecule has 0 atom stereocenters. The number of anilines is 1. The highest BCUT2D eigenvalue weighted by Gasteiger charge is 2.20. The topological polar surface area (TPSA) is 57.8 Å². The molecular formula is C15H10FN3O. The number of nitrogens with zero attached hydrogens (tertiary/aromatic N) is 1. The first-order valence-electron chi connectivity index (χ1n) is 6.26. The van der Waals surface area contributed by atoms with Crippen LogP contribution in [0.2, 0.25) is 0 Å². The minimum Gasteiger partial charge on any atom is -0.360 e. The van der Waals surface area contributed by atoms with E-state index in [4.69, 9.17) is 0 Å². The van der Waals surface area contributed by atoms with Gasteiger partial charge in [-0.1, -0.05) is 0 Å². The van der Waals surface area contributed by atoms with Crippen molar-refractivity contribution >= 4 is 22.5 Å². The Labute approximate surface area is 113 Å². The lowest BCUT2D eigenvalue weighted by molar-refractivity contribution is -0.115. The molecule has 0 saturated heterocycles. The van der Waals surface area contributed by atoms with E-state index in [1.807, 2.05) is 12.3 Å². The third-order valence-electron chi connectivity index (χ3n) is 3.53. The van der Waals surface area contributed by atoms with Crippen LogP contribution in [0.3, 0.4) is 0 Å². The third-order valence-corrected chi connectivity index (χ3v) is 3.53. The van der Waals surface area contributed by atoms with Crippen LogP contribution in [-0.4, -0.2) is 15.9 Å². The van der Waals surface area contributed by atoms with Gasteiger partial charge in [0.2, 0.25) is 5.91 Å². The van der Waals surface area contributed by atoms with Crippen molar-refractivity contribution in [1.29, 1.82) is 0 Å². The van der Waals surface area contributed by atoms with Crippen molar-refractivity contribution in [2.75, 3.05) is 5.32 Å². The van der Waals surface area contributed by atoms with Crippen molar-refractivity contribution in [3.8, 4) is 11.1 Å². The molecule has 2 N–H and O–H groups in total. The first kappa shape index (κ1) is 11.2. The molecule has 3 heterocycles. The Hall–Kier alpha value is -2.69. The van der Waals surface area contributed by atoms with E-state index >= 15 is 0 Å². The van der Waals surface area contributed by atoms with Gasteiger partial charge in [-0.05, 0) is 24.3 Å². The smallest absolute Gasteiger partial charge is 0.230 e. The summed E-state index contributed by atoms with van der Waals surface area (Å²) in [5, 5.41) is 3.71. The summed E-state index contributed by atoms with van der Waals surface area (Å²) in [5.41, 5.74) is 4.10. The number of hydrogen-bond acceptors (Lipinski definition) is 2. The minimum atomic E-state index is -0.273. The fraction of sp³-hybridized carbons (Fsp3) is 0.0667. The molecular weight excluding hydrogens is 257 g/mol. The maximum Gasteiger partial charge on any atom is 0.230 e. The van der Waals surface area contributed by atoms with Crippen LogP contribution in [0.5, 0.6) is 0 Å². The minimum absolute atomic E-state index is 0.0364. The van der Waals surface area contributed by atoms with Gasteiger partial charge >= 0.3 is 0 Å². The van der Waals surface area contributed by atoms with E-state index in [0.717, 1.165) is 33.4 Å². The normalized spacial score (nSPS) is 13.6. The van der Waals surface area contributed by atoms with Crippen LogP contribution >= 0.6 is 0 Å². The second-order valence-electron chi connectivity index (χ2n) is 4.84. The van der Waals surface area contributed by atoms with E-state index in [0.29, 0.717) is 6.42 Å². The Bertz CT molecular complexity index is 853. The van der Waals surface area contributed by atoms with Crippen LogP contribution in [0, 0.1) is 5.82 Å². The molecule has 0 spiro atoms. The highest BCUT2D eigenvalue weighted by Crippen LogP contribution is 2.32. The van der Waals surface area contributed by atoms with Crippen molar-refractivity contribution in [3.63, 3.8) is 0 Å². The zero-order chi connectivity index (χ0) is 13.7. The summed E-state index contributed by atoms with van der Waals surface area (Å²) in [6.45, 7) is 0. The number of fused-ring (bicyclic) bond motifs is 2. The molecule has 4 nitrogen and oxygen atoms in total. The lowest BCUT2D eigenvalue weighted by Gasteiger charge is -2.03. The molecule has 0 bridgehead atoms. The Kier molecular flexibility index (Phi) is 2.18. The molecule has 1 aliphatic heterocycles. The zero-order valence-electron chi connectivity index (χ0n) is 10.4. The number of aromatic nitrogens is 2. The highest BCUT2D eigenvalue weighted by molar-refractivity contribution is 6.01. The Morgan fingerprint density at radius 1 is 1.25 bits per heavy atom. The maximum atomic E-state index is 13.2. The SMILES string of the molecule is O=C1Cc2ncc(-c3c[nH]c4cc(F)ccc34)cc2N1. The maximum absolute atomic E-state index is 13.2. The second kappa shape index (κ2) is 3.90. The van der Waals surface area contributed by atoms with Crippen molar-refractivity contribution in [2.45, 2.75) is 6.42 Å². The van der Waals surface area contributed by atoms with E-state index in [2.05, 4.69) is 15.3 Å². The average Bonchev–Trinajstić information content (AvgIpc) is 2.99. The number of hydrogen-bond donors (Lipinski definition) is 2. The zero-order valence-corrected chi connectivity index (χ0v) is 10.4. The van der Waals surface area contributed by atoms with Crippen LogP contribution < -0.4 is 5.32 Å².